The second kappa shape index (κ2) is 5.34. The lowest BCUT2D eigenvalue weighted by Crippen LogP contribution is -2.10. The number of nitrogens with zero attached hydrogens (tertiary/aromatic N) is 3. The maximum Gasteiger partial charge on any atom is 0.217 e. The Morgan fingerprint density at radius 3 is 2.94 bits per heavy atom. The Morgan fingerprint density at radius 2 is 2.22 bits per heavy atom. The van der Waals surface area contributed by atoms with E-state index in [9.17, 15) is 4.79 Å². The molecule has 0 atom stereocenters. The van der Waals surface area contributed by atoms with Crippen LogP contribution in [0.1, 0.15) is 19.3 Å². The van der Waals surface area contributed by atoms with Crippen LogP contribution in [-0.4, -0.2) is 20.4 Å². The van der Waals surface area contributed by atoms with Crippen LogP contribution in [0.25, 0.3) is 11.2 Å². The van der Waals surface area contributed by atoms with Crippen molar-refractivity contribution in [3.05, 3.63) is 16.7 Å². The maximum atomic E-state index is 10.6. The molecule has 2 heterocycles. The Morgan fingerprint density at radius 1 is 1.44 bits per heavy atom. The number of unbranched alkanes of at least 4 members (excludes halogenated alkanes) is 1. The number of fused-ring (bicyclic) bond motifs is 1. The number of carbonyl (C=O) groups excluding carboxylic acids is 1. The molecule has 0 radical (unpaired) electrons. The number of primary amides is 1. The molecule has 0 aliphatic heterocycles. The molecule has 0 aromatic carbocycles. The number of aromatic nitrogens is 3. The quantitative estimate of drug-likeness (QED) is 0.816. The Balaban J connectivity index is 2.12. The van der Waals surface area contributed by atoms with Gasteiger partial charge in [0.05, 0.1) is 0 Å². The molecule has 0 aliphatic carbocycles. The summed E-state index contributed by atoms with van der Waals surface area (Å²) in [6.07, 6.45) is 3.66. The van der Waals surface area contributed by atoms with Crippen LogP contribution in [0.2, 0.25) is 0 Å². The van der Waals surface area contributed by atoms with Gasteiger partial charge in [0, 0.05) is 23.6 Å². The van der Waals surface area contributed by atoms with Crippen LogP contribution in [-0.2, 0) is 11.3 Å². The minimum absolute atomic E-state index is 0.277. The van der Waals surface area contributed by atoms with E-state index in [1.807, 2.05) is 10.6 Å². The van der Waals surface area contributed by atoms with Crippen molar-refractivity contribution in [2.24, 2.45) is 5.73 Å². The average molecular weight is 312 g/mol. The summed E-state index contributed by atoms with van der Waals surface area (Å²) in [5, 5.41) is 0. The Bertz CT molecular complexity index is 580. The van der Waals surface area contributed by atoms with E-state index in [0.717, 1.165) is 28.5 Å². The van der Waals surface area contributed by atoms with Crippen LogP contribution in [0.4, 0.5) is 5.95 Å². The van der Waals surface area contributed by atoms with E-state index in [0.29, 0.717) is 18.9 Å². The van der Waals surface area contributed by atoms with Crippen molar-refractivity contribution in [1.29, 1.82) is 0 Å². The van der Waals surface area contributed by atoms with Gasteiger partial charge in [-0.3, -0.25) is 9.36 Å². The summed E-state index contributed by atoms with van der Waals surface area (Å²) >= 11 is 3.34. The summed E-state index contributed by atoms with van der Waals surface area (Å²) in [5.74, 6) is 0.162. The molecule has 0 bridgehead atoms. The first kappa shape index (κ1) is 12.8. The number of hydrogen-bond donors (Lipinski definition) is 2. The minimum Gasteiger partial charge on any atom is -0.370 e. The van der Waals surface area contributed by atoms with E-state index in [-0.39, 0.29) is 5.91 Å². The molecule has 96 valence electrons. The van der Waals surface area contributed by atoms with Gasteiger partial charge < -0.3 is 11.5 Å². The molecular formula is C11H14BrN5O. The van der Waals surface area contributed by atoms with Gasteiger partial charge in [0.15, 0.2) is 5.65 Å². The molecule has 2 aromatic rings. The number of amides is 1. The molecule has 0 aliphatic rings. The highest BCUT2D eigenvalue weighted by molar-refractivity contribution is 9.10. The molecule has 4 N–H and O–H groups in total. The molecule has 0 saturated heterocycles. The Labute approximate surface area is 113 Å². The number of anilines is 1. The standard InChI is InChI=1S/C11H14BrN5O/c12-7-5-8-10(15-6-7)17(11(14)16-8)4-2-1-3-9(13)18/h5-6H,1-4H2,(H2,13,18)(H2,14,16). The van der Waals surface area contributed by atoms with Gasteiger partial charge in [-0.15, -0.1) is 0 Å². The summed E-state index contributed by atoms with van der Waals surface area (Å²) < 4.78 is 2.72. The summed E-state index contributed by atoms with van der Waals surface area (Å²) in [4.78, 5) is 19.2. The number of nitrogens with two attached hydrogens (primary N) is 2. The van der Waals surface area contributed by atoms with Gasteiger partial charge in [0.1, 0.15) is 5.52 Å². The summed E-state index contributed by atoms with van der Waals surface area (Å²) in [7, 11) is 0. The fraction of sp³-hybridized carbons (Fsp3) is 0.364. The third kappa shape index (κ3) is 2.79. The van der Waals surface area contributed by atoms with Crippen molar-refractivity contribution in [3.8, 4) is 0 Å². The number of aryl methyl sites for hydroxylation is 1. The molecule has 0 unspecified atom stereocenters. The maximum absolute atomic E-state index is 10.6. The van der Waals surface area contributed by atoms with Crippen molar-refractivity contribution in [3.63, 3.8) is 0 Å². The third-order valence-electron chi connectivity index (χ3n) is 2.64. The third-order valence-corrected chi connectivity index (χ3v) is 3.07. The summed E-state index contributed by atoms with van der Waals surface area (Å²) in [5.41, 5.74) is 12.5. The molecule has 7 heteroatoms. The van der Waals surface area contributed by atoms with E-state index < -0.39 is 0 Å². The lowest BCUT2D eigenvalue weighted by Gasteiger charge is -2.04. The van der Waals surface area contributed by atoms with Gasteiger partial charge in [-0.25, -0.2) is 9.97 Å². The van der Waals surface area contributed by atoms with Crippen molar-refractivity contribution >= 4 is 38.9 Å². The van der Waals surface area contributed by atoms with Gasteiger partial charge in [-0.1, -0.05) is 0 Å². The zero-order valence-corrected chi connectivity index (χ0v) is 11.4. The van der Waals surface area contributed by atoms with Crippen molar-refractivity contribution < 1.29 is 4.79 Å². The average Bonchev–Trinajstić information content (AvgIpc) is 2.59. The van der Waals surface area contributed by atoms with E-state index in [1.54, 1.807) is 6.20 Å². The first-order chi connectivity index (χ1) is 8.58. The number of pyridine rings is 1. The normalized spacial score (nSPS) is 10.9. The van der Waals surface area contributed by atoms with Crippen molar-refractivity contribution in [2.45, 2.75) is 25.8 Å². The van der Waals surface area contributed by atoms with E-state index >= 15 is 0 Å². The zero-order valence-electron chi connectivity index (χ0n) is 9.77. The van der Waals surface area contributed by atoms with Crippen LogP contribution in [0, 0.1) is 0 Å². The van der Waals surface area contributed by atoms with Gasteiger partial charge in [0.2, 0.25) is 11.9 Å². The first-order valence-electron chi connectivity index (χ1n) is 5.63. The molecule has 0 spiro atoms. The topological polar surface area (TPSA) is 99.8 Å². The molecule has 2 rings (SSSR count). The highest BCUT2D eigenvalue weighted by atomic mass is 79.9. The van der Waals surface area contributed by atoms with Crippen molar-refractivity contribution in [2.75, 3.05) is 5.73 Å². The van der Waals surface area contributed by atoms with Crippen LogP contribution in [0.5, 0.6) is 0 Å². The number of nitrogen functional groups attached to an aromatic ring is 1. The van der Waals surface area contributed by atoms with Crippen LogP contribution < -0.4 is 11.5 Å². The highest BCUT2D eigenvalue weighted by Crippen LogP contribution is 2.20. The van der Waals surface area contributed by atoms with E-state index in [2.05, 4.69) is 25.9 Å². The van der Waals surface area contributed by atoms with E-state index in [4.69, 9.17) is 11.5 Å². The highest BCUT2D eigenvalue weighted by Gasteiger charge is 2.09. The molecule has 6 nitrogen and oxygen atoms in total. The molecule has 2 aromatic heterocycles. The van der Waals surface area contributed by atoms with Crippen LogP contribution in [0.3, 0.4) is 0 Å². The lowest BCUT2D eigenvalue weighted by atomic mass is 10.2. The van der Waals surface area contributed by atoms with Crippen LogP contribution >= 0.6 is 15.9 Å². The molecule has 1 amide bonds. The predicted molar refractivity (Wildman–Crippen MR) is 72.7 cm³/mol. The second-order valence-corrected chi connectivity index (χ2v) is 4.96. The SMILES string of the molecule is NC(=O)CCCCn1c(N)nc2cc(Br)cnc21. The van der Waals surface area contributed by atoms with Gasteiger partial charge in [-0.05, 0) is 34.8 Å². The largest absolute Gasteiger partial charge is 0.370 e. The summed E-state index contributed by atoms with van der Waals surface area (Å²) in [6.45, 7) is 0.685. The lowest BCUT2D eigenvalue weighted by molar-refractivity contribution is -0.118. The molecular weight excluding hydrogens is 298 g/mol. The number of halogens is 1. The number of imidazole rings is 1. The van der Waals surface area contributed by atoms with Gasteiger partial charge in [-0.2, -0.15) is 0 Å². The van der Waals surface area contributed by atoms with Gasteiger partial charge >= 0.3 is 0 Å². The minimum atomic E-state index is -0.277. The second-order valence-electron chi connectivity index (χ2n) is 4.04. The molecule has 0 fully saturated rings. The Kier molecular flexibility index (Phi) is 3.81. The van der Waals surface area contributed by atoms with Gasteiger partial charge in [0.25, 0.3) is 0 Å². The van der Waals surface area contributed by atoms with E-state index in [1.165, 1.54) is 0 Å². The van der Waals surface area contributed by atoms with Crippen molar-refractivity contribution in [1.82, 2.24) is 14.5 Å². The number of carbonyl (C=O) groups is 1. The zero-order chi connectivity index (χ0) is 13.1. The summed E-state index contributed by atoms with van der Waals surface area (Å²) in [6, 6.07) is 1.87. The predicted octanol–water partition coefficient (Wildman–Crippen LogP) is 1.43. The first-order valence-corrected chi connectivity index (χ1v) is 6.43. The molecule has 0 saturated carbocycles. The fourth-order valence-corrected chi connectivity index (χ4v) is 2.11. The monoisotopic (exact) mass is 311 g/mol. The smallest absolute Gasteiger partial charge is 0.217 e. The fourth-order valence-electron chi connectivity index (χ4n) is 1.79. The Hall–Kier alpha value is -1.63. The number of rotatable bonds is 5. The molecule has 18 heavy (non-hydrogen) atoms. The number of hydrogen-bond acceptors (Lipinski definition) is 4. The van der Waals surface area contributed by atoms with Crippen LogP contribution in [0.15, 0.2) is 16.7 Å².